The summed E-state index contributed by atoms with van der Waals surface area (Å²) in [4.78, 5) is 35.5. The van der Waals surface area contributed by atoms with E-state index in [-0.39, 0.29) is 12.2 Å². The minimum Gasteiger partial charge on any atom is -0.485 e. The molecular formula is C16H14N2O6S. The van der Waals surface area contributed by atoms with E-state index in [1.165, 1.54) is 6.07 Å². The molecule has 0 fully saturated rings. The van der Waals surface area contributed by atoms with E-state index in [2.05, 4.69) is 10.1 Å². The molecule has 0 unspecified atom stereocenters. The lowest BCUT2D eigenvalue weighted by Crippen LogP contribution is -2.40. The second-order valence-electron chi connectivity index (χ2n) is 4.96. The zero-order valence-electron chi connectivity index (χ0n) is 13.1. The minimum absolute atomic E-state index is 0.0535. The minimum atomic E-state index is -0.880. The molecule has 2 N–H and O–H groups in total. The van der Waals surface area contributed by atoms with Gasteiger partial charge in [0.15, 0.2) is 11.5 Å². The van der Waals surface area contributed by atoms with Crippen molar-refractivity contribution in [3.63, 3.8) is 0 Å². The highest BCUT2D eigenvalue weighted by atomic mass is 32.1. The summed E-state index contributed by atoms with van der Waals surface area (Å²) in [6.45, 7) is 0.0535. The van der Waals surface area contributed by atoms with Gasteiger partial charge in [0.2, 0.25) is 6.10 Å². The van der Waals surface area contributed by atoms with Crippen LogP contribution in [0.3, 0.4) is 0 Å². The van der Waals surface area contributed by atoms with Gasteiger partial charge in [-0.2, -0.15) is 0 Å². The number of imide groups is 1. The predicted octanol–water partition coefficient (Wildman–Crippen LogP) is 2.02. The van der Waals surface area contributed by atoms with Gasteiger partial charge in [0, 0.05) is 0 Å². The average Bonchev–Trinajstić information content (AvgIpc) is 3.09. The number of fused-ring (bicyclic) bond motifs is 1. The summed E-state index contributed by atoms with van der Waals surface area (Å²) in [7, 11) is 1.15. The van der Waals surface area contributed by atoms with Crippen LogP contribution in [0.15, 0.2) is 35.7 Å². The van der Waals surface area contributed by atoms with Crippen LogP contribution in [0, 0.1) is 0 Å². The second-order valence-corrected chi connectivity index (χ2v) is 5.88. The Hall–Kier alpha value is -3.07. The van der Waals surface area contributed by atoms with E-state index < -0.39 is 24.0 Å². The zero-order chi connectivity index (χ0) is 17.8. The second kappa shape index (κ2) is 7.22. The summed E-state index contributed by atoms with van der Waals surface area (Å²) in [5, 5.41) is 6.58. The van der Waals surface area contributed by atoms with Crippen molar-refractivity contribution in [1.82, 2.24) is 5.32 Å². The van der Waals surface area contributed by atoms with Crippen LogP contribution in [0.1, 0.15) is 10.4 Å². The van der Waals surface area contributed by atoms with E-state index >= 15 is 0 Å². The molecule has 0 saturated heterocycles. The molecule has 1 aliphatic rings. The summed E-state index contributed by atoms with van der Waals surface area (Å²) in [5.41, 5.74) is 0.154. The highest BCUT2D eigenvalue weighted by molar-refractivity contribution is 7.14. The van der Waals surface area contributed by atoms with Crippen LogP contribution in [0.5, 0.6) is 11.5 Å². The number of benzene rings is 1. The van der Waals surface area contributed by atoms with Gasteiger partial charge >= 0.3 is 6.09 Å². The lowest BCUT2D eigenvalue weighted by molar-refractivity contribution is -0.125. The van der Waals surface area contributed by atoms with Gasteiger partial charge in [0.05, 0.1) is 12.7 Å². The number of carbonyl (C=O) groups excluding carboxylic acids is 3. The predicted molar refractivity (Wildman–Crippen MR) is 89.2 cm³/mol. The molecule has 9 heteroatoms. The van der Waals surface area contributed by atoms with Crippen molar-refractivity contribution in [2.24, 2.45) is 0 Å². The summed E-state index contributed by atoms with van der Waals surface area (Å²) >= 11 is 1.15. The maximum absolute atomic E-state index is 12.4. The lowest BCUT2D eigenvalue weighted by atomic mass is 10.2. The van der Waals surface area contributed by atoms with Crippen molar-refractivity contribution >= 4 is 34.2 Å². The fraction of sp³-hybridized carbons (Fsp3) is 0.188. The van der Waals surface area contributed by atoms with Gasteiger partial charge in [-0.1, -0.05) is 12.1 Å². The molecule has 2 aromatic rings. The maximum atomic E-state index is 12.4. The number of rotatable bonds is 3. The van der Waals surface area contributed by atoms with Gasteiger partial charge in [0.25, 0.3) is 11.8 Å². The summed E-state index contributed by atoms with van der Waals surface area (Å²) in [5.74, 6) is -0.0804. The first kappa shape index (κ1) is 16.8. The molecule has 8 nitrogen and oxygen atoms in total. The van der Waals surface area contributed by atoms with Crippen molar-refractivity contribution in [3.8, 4) is 11.5 Å². The number of ether oxygens (including phenoxy) is 3. The van der Waals surface area contributed by atoms with E-state index in [9.17, 15) is 14.4 Å². The van der Waals surface area contributed by atoms with Crippen molar-refractivity contribution in [1.29, 1.82) is 0 Å². The summed E-state index contributed by atoms with van der Waals surface area (Å²) in [6.07, 6.45) is -1.73. The lowest BCUT2D eigenvalue weighted by Gasteiger charge is -2.25. The number of carbonyl (C=O) groups is 3. The third-order valence-electron chi connectivity index (χ3n) is 3.35. The van der Waals surface area contributed by atoms with Gasteiger partial charge in [-0.05, 0) is 23.6 Å². The number of para-hydroxylation sites is 2. The molecule has 1 aromatic heterocycles. The van der Waals surface area contributed by atoms with Crippen LogP contribution in [-0.2, 0) is 9.53 Å². The van der Waals surface area contributed by atoms with Crippen LogP contribution in [-0.4, -0.2) is 37.7 Å². The number of thiophene rings is 1. The Morgan fingerprint density at radius 3 is 2.72 bits per heavy atom. The van der Waals surface area contributed by atoms with Crippen molar-refractivity contribution < 1.29 is 28.6 Å². The molecule has 1 aliphatic heterocycles. The number of amides is 3. The number of anilines is 1. The standard InChI is InChI=1S/C16H14N2O6S/c1-22-16(21)18-13(19)9-6-7-25-15(9)17-14(20)12-8-23-10-4-2-3-5-11(10)24-12/h2-7,12H,8H2,1H3,(H,17,20)(H,18,19,21)/t12-/m0/s1. The van der Waals surface area contributed by atoms with Crippen molar-refractivity contribution in [2.45, 2.75) is 6.10 Å². The largest absolute Gasteiger partial charge is 0.485 e. The smallest absolute Gasteiger partial charge is 0.413 e. The molecule has 0 aliphatic carbocycles. The van der Waals surface area contributed by atoms with E-state index in [1.54, 1.807) is 29.6 Å². The fourth-order valence-corrected chi connectivity index (χ4v) is 2.92. The van der Waals surface area contributed by atoms with E-state index in [1.807, 2.05) is 5.32 Å². The number of methoxy groups -OCH3 is 1. The zero-order valence-corrected chi connectivity index (χ0v) is 13.9. The SMILES string of the molecule is COC(=O)NC(=O)c1ccsc1NC(=O)[C@@H]1COc2ccccc2O1. The Morgan fingerprint density at radius 2 is 1.96 bits per heavy atom. The number of hydrogen-bond donors (Lipinski definition) is 2. The van der Waals surface area contributed by atoms with Crippen LogP contribution in [0.4, 0.5) is 9.80 Å². The molecule has 25 heavy (non-hydrogen) atoms. The molecule has 0 radical (unpaired) electrons. The monoisotopic (exact) mass is 362 g/mol. The van der Waals surface area contributed by atoms with Crippen molar-refractivity contribution in [2.75, 3.05) is 19.0 Å². The normalized spacial score (nSPS) is 15.2. The summed E-state index contributed by atoms with van der Waals surface area (Å²) in [6, 6.07) is 8.52. The fourth-order valence-electron chi connectivity index (χ4n) is 2.14. The van der Waals surface area contributed by atoms with Gasteiger partial charge in [-0.3, -0.25) is 14.9 Å². The third kappa shape index (κ3) is 3.72. The molecule has 1 aromatic carbocycles. The number of hydrogen-bond acceptors (Lipinski definition) is 7. The first-order valence-electron chi connectivity index (χ1n) is 7.24. The van der Waals surface area contributed by atoms with E-state index in [4.69, 9.17) is 9.47 Å². The Bertz CT molecular complexity index is 818. The van der Waals surface area contributed by atoms with Crippen LogP contribution in [0.2, 0.25) is 0 Å². The Morgan fingerprint density at radius 1 is 1.20 bits per heavy atom. The molecule has 0 saturated carbocycles. The van der Waals surface area contributed by atoms with E-state index in [0.29, 0.717) is 16.5 Å². The van der Waals surface area contributed by atoms with E-state index in [0.717, 1.165) is 18.4 Å². The molecular weight excluding hydrogens is 348 g/mol. The number of nitrogens with one attached hydrogen (secondary N) is 2. The molecule has 0 bridgehead atoms. The molecule has 130 valence electrons. The first-order valence-corrected chi connectivity index (χ1v) is 8.12. The molecule has 0 spiro atoms. The molecule has 1 atom stereocenters. The Labute approximate surface area is 146 Å². The highest BCUT2D eigenvalue weighted by Gasteiger charge is 2.28. The van der Waals surface area contributed by atoms with Crippen molar-refractivity contribution in [3.05, 3.63) is 41.3 Å². The van der Waals surface area contributed by atoms with Gasteiger partial charge < -0.3 is 19.5 Å². The molecule has 2 heterocycles. The van der Waals surface area contributed by atoms with Crippen LogP contribution < -0.4 is 20.1 Å². The summed E-state index contributed by atoms with van der Waals surface area (Å²) < 4.78 is 15.5. The Balaban J connectivity index is 1.67. The highest BCUT2D eigenvalue weighted by Crippen LogP contribution is 2.31. The third-order valence-corrected chi connectivity index (χ3v) is 4.18. The first-order chi connectivity index (χ1) is 12.1. The van der Waals surface area contributed by atoms with Crippen LogP contribution >= 0.6 is 11.3 Å². The number of alkyl carbamates (subject to hydrolysis) is 1. The van der Waals surface area contributed by atoms with Crippen LogP contribution in [0.25, 0.3) is 0 Å². The average molecular weight is 362 g/mol. The van der Waals surface area contributed by atoms with Gasteiger partial charge in [0.1, 0.15) is 11.6 Å². The molecule has 3 amide bonds. The maximum Gasteiger partial charge on any atom is 0.413 e. The Kier molecular flexibility index (Phi) is 4.85. The van der Waals surface area contributed by atoms with Gasteiger partial charge in [-0.15, -0.1) is 11.3 Å². The topological polar surface area (TPSA) is 103 Å². The quantitative estimate of drug-likeness (QED) is 0.866. The van der Waals surface area contributed by atoms with Gasteiger partial charge in [-0.25, -0.2) is 4.79 Å². The molecule has 3 rings (SSSR count).